The second-order valence-electron chi connectivity index (χ2n) is 8.25. The summed E-state index contributed by atoms with van der Waals surface area (Å²) in [6.45, 7) is 1.24. The normalized spacial score (nSPS) is 44.6. The van der Waals surface area contributed by atoms with Gasteiger partial charge in [-0.15, -0.1) is 0 Å². The van der Waals surface area contributed by atoms with Gasteiger partial charge < -0.3 is 48.8 Å². The van der Waals surface area contributed by atoms with Crippen LogP contribution in [0.2, 0.25) is 0 Å². The van der Waals surface area contributed by atoms with Crippen LogP contribution in [0.1, 0.15) is 39.0 Å². The molecule has 186 valence electrons. The highest BCUT2D eigenvalue weighted by Crippen LogP contribution is 2.50. The van der Waals surface area contributed by atoms with E-state index >= 15 is 0 Å². The summed E-state index contributed by atoms with van der Waals surface area (Å²) in [4.78, 5) is 75.4. The number of hydrogen-bond acceptors (Lipinski definition) is 16. The molecule has 0 saturated carbocycles. The van der Waals surface area contributed by atoms with Gasteiger partial charge in [0.1, 0.15) is 0 Å². The van der Waals surface area contributed by atoms with Crippen LogP contribution in [0, 0.1) is 0 Å². The molecule has 4 saturated heterocycles. The van der Waals surface area contributed by atoms with Crippen molar-refractivity contribution in [2.24, 2.45) is 0 Å². The van der Waals surface area contributed by atoms with Gasteiger partial charge in [0.2, 0.25) is 0 Å². The highest BCUT2D eigenvalue weighted by atomic mass is 16.9. The van der Waals surface area contributed by atoms with Gasteiger partial charge in [-0.3, -0.25) is 19.2 Å². The van der Waals surface area contributed by atoms with E-state index in [9.17, 15) is 49.2 Å². The van der Waals surface area contributed by atoms with Crippen LogP contribution in [0.5, 0.6) is 0 Å². The Labute approximate surface area is 188 Å². The number of hydrogen-bond donors (Lipinski definition) is 4. The van der Waals surface area contributed by atoms with E-state index in [-0.39, 0.29) is 0 Å². The molecule has 34 heavy (non-hydrogen) atoms. The first kappa shape index (κ1) is 23.8. The van der Waals surface area contributed by atoms with Gasteiger partial charge in [0.15, 0.2) is 17.3 Å². The Balaban J connectivity index is 2.03. The second-order valence-corrected chi connectivity index (χ2v) is 8.25. The topological polar surface area (TPSA) is 239 Å². The Morgan fingerprint density at radius 3 is 1.62 bits per heavy atom. The van der Waals surface area contributed by atoms with Gasteiger partial charge in [-0.2, -0.15) is 0 Å². The van der Waals surface area contributed by atoms with Crippen LogP contribution in [0.25, 0.3) is 0 Å². The zero-order valence-corrected chi connectivity index (χ0v) is 17.3. The maximum absolute atomic E-state index is 12.8. The predicted molar refractivity (Wildman–Crippen MR) is 91.6 cm³/mol. The van der Waals surface area contributed by atoms with Gasteiger partial charge in [0.25, 0.3) is 0 Å². The van der Waals surface area contributed by atoms with Gasteiger partial charge in [0.05, 0.1) is 25.7 Å². The smallest absolute Gasteiger partial charge is 0.455 e. The van der Waals surface area contributed by atoms with E-state index in [0.29, 0.717) is 0 Å². The van der Waals surface area contributed by atoms with Crippen molar-refractivity contribution < 1.29 is 77.6 Å². The van der Waals surface area contributed by atoms with Crippen LogP contribution in [-0.4, -0.2) is 91.1 Å². The molecule has 16 heteroatoms. The van der Waals surface area contributed by atoms with Crippen molar-refractivity contribution in [1.82, 2.24) is 0 Å². The third-order valence-electron chi connectivity index (χ3n) is 5.72. The molecule has 1 spiro atoms. The first-order valence-electron chi connectivity index (χ1n) is 9.83. The van der Waals surface area contributed by atoms with Gasteiger partial charge in [0, 0.05) is 0 Å². The van der Waals surface area contributed by atoms with Crippen molar-refractivity contribution >= 4 is 35.8 Å². The number of carbonyl (C=O) groups excluding carboxylic acids is 6. The summed E-state index contributed by atoms with van der Waals surface area (Å²) in [6, 6.07) is 0. The lowest BCUT2D eigenvalue weighted by atomic mass is 9.88. The quantitative estimate of drug-likeness (QED) is 0.203. The molecule has 4 rings (SSSR count). The minimum Gasteiger partial charge on any atom is -0.455 e. The lowest BCUT2D eigenvalue weighted by molar-refractivity contribution is -0.512. The zero-order chi connectivity index (χ0) is 25.3. The number of carbonyl (C=O) groups is 6. The van der Waals surface area contributed by atoms with Crippen LogP contribution in [0.15, 0.2) is 0 Å². The molecule has 16 nitrogen and oxygen atoms in total. The first-order valence-corrected chi connectivity index (χ1v) is 9.83. The van der Waals surface area contributed by atoms with Crippen LogP contribution >= 0.6 is 0 Å². The zero-order valence-electron chi connectivity index (χ0n) is 17.3. The molecular formula is C18H18O16. The van der Waals surface area contributed by atoms with E-state index < -0.39 is 103 Å². The maximum atomic E-state index is 12.8. The largest absolute Gasteiger partial charge is 0.464 e. The van der Waals surface area contributed by atoms with Crippen LogP contribution in [-0.2, 0) is 57.2 Å². The molecule has 4 aliphatic rings. The molecule has 0 amide bonds. The van der Waals surface area contributed by atoms with Crippen molar-refractivity contribution in [1.29, 1.82) is 0 Å². The summed E-state index contributed by atoms with van der Waals surface area (Å²) < 4.78 is 29.1. The number of fused-ring (bicyclic) bond motifs is 8. The summed E-state index contributed by atoms with van der Waals surface area (Å²) in [6.07, 6.45) is -7.67. The van der Waals surface area contributed by atoms with Crippen molar-refractivity contribution in [2.75, 3.05) is 0 Å². The third-order valence-corrected chi connectivity index (χ3v) is 5.72. The SMILES string of the molecule is CCC1OC(=O)CC2(O)CC(=O)OC3(OC(=O)CC4(O)CC(=O)OC3(O)OC4=O)C1(O)OC2=O. The molecule has 4 heterocycles. The van der Waals surface area contributed by atoms with Crippen molar-refractivity contribution in [3.05, 3.63) is 0 Å². The lowest BCUT2D eigenvalue weighted by Gasteiger charge is -2.52. The Morgan fingerprint density at radius 2 is 1.12 bits per heavy atom. The molecule has 4 fully saturated rings. The van der Waals surface area contributed by atoms with Gasteiger partial charge in [-0.05, 0) is 6.42 Å². The van der Waals surface area contributed by atoms with Crippen LogP contribution < -0.4 is 0 Å². The highest BCUT2D eigenvalue weighted by molar-refractivity contribution is 5.94. The minimum atomic E-state index is -4.08. The molecule has 0 radical (unpaired) electrons. The minimum absolute atomic E-state index is 0.493. The lowest BCUT2D eigenvalue weighted by Crippen LogP contribution is -2.80. The fourth-order valence-corrected chi connectivity index (χ4v) is 4.07. The summed E-state index contributed by atoms with van der Waals surface area (Å²) >= 11 is 0. The van der Waals surface area contributed by atoms with E-state index in [1.807, 2.05) is 0 Å². The van der Waals surface area contributed by atoms with E-state index in [4.69, 9.17) is 18.9 Å². The molecule has 6 unspecified atom stereocenters. The summed E-state index contributed by atoms with van der Waals surface area (Å²) in [5.41, 5.74) is -5.81. The molecule has 0 aromatic rings. The Morgan fingerprint density at radius 1 is 0.676 bits per heavy atom. The van der Waals surface area contributed by atoms with E-state index in [2.05, 4.69) is 9.47 Å². The van der Waals surface area contributed by atoms with Crippen LogP contribution in [0.4, 0.5) is 0 Å². The maximum Gasteiger partial charge on any atom is 0.464 e. The molecule has 0 aliphatic carbocycles. The predicted octanol–water partition coefficient (Wildman–Crippen LogP) is -3.87. The summed E-state index contributed by atoms with van der Waals surface area (Å²) in [7, 11) is 0. The number of aliphatic hydroxyl groups is 4. The number of esters is 6. The Hall–Kier alpha value is -3.34. The number of cyclic esters (lactones) is 1. The highest BCUT2D eigenvalue weighted by Gasteiger charge is 2.84. The number of ether oxygens (including phenoxy) is 6. The second kappa shape index (κ2) is 7.08. The van der Waals surface area contributed by atoms with Crippen molar-refractivity contribution in [3.63, 3.8) is 0 Å². The van der Waals surface area contributed by atoms with Gasteiger partial charge in [-0.25, -0.2) is 9.59 Å². The van der Waals surface area contributed by atoms with Gasteiger partial charge in [-0.1, -0.05) is 6.92 Å². The summed E-state index contributed by atoms with van der Waals surface area (Å²) in [5.74, 6) is -21.8. The summed E-state index contributed by atoms with van der Waals surface area (Å²) in [5, 5.41) is 43.6. The van der Waals surface area contributed by atoms with E-state index in [1.165, 1.54) is 6.92 Å². The average Bonchev–Trinajstić information content (AvgIpc) is 2.74. The first-order chi connectivity index (χ1) is 15.6. The fraction of sp³-hybridized carbons (Fsp3) is 0.667. The average molecular weight is 490 g/mol. The number of rotatable bonds is 1. The fourth-order valence-electron chi connectivity index (χ4n) is 4.07. The molecule has 4 bridgehead atoms. The van der Waals surface area contributed by atoms with Gasteiger partial charge >= 0.3 is 53.4 Å². The van der Waals surface area contributed by atoms with E-state index in [1.54, 1.807) is 0 Å². The van der Waals surface area contributed by atoms with Crippen molar-refractivity contribution in [2.45, 2.75) is 73.9 Å². The molecule has 6 atom stereocenters. The van der Waals surface area contributed by atoms with E-state index in [0.717, 1.165) is 0 Å². The molecule has 0 aromatic heterocycles. The Bertz CT molecular complexity index is 1020. The Kier molecular flexibility index (Phi) is 4.96. The molecule has 4 N–H and O–H groups in total. The monoisotopic (exact) mass is 490 g/mol. The molecular weight excluding hydrogens is 472 g/mol. The standard InChI is InChI=1S/C18H18O16/c1-2-7-16(27)17(30-9(20)4-14(25,12(23)33-16)3-8(19)29-7)18(28)32-11(22)6-15(26,13(24)34-18)5-10(21)31-17/h7,25-28H,2-6H2,1H3. The van der Waals surface area contributed by atoms with Crippen LogP contribution in [0.3, 0.4) is 0 Å². The molecule has 4 aliphatic heterocycles. The molecule has 0 aromatic carbocycles. The third kappa shape index (κ3) is 3.13. The van der Waals surface area contributed by atoms with Crippen molar-refractivity contribution in [3.8, 4) is 0 Å².